The molecule has 1 N–H and O–H groups in total. The molecule has 1 aliphatic heterocycles. The molecule has 2 amide bonds. The minimum Gasteiger partial charge on any atom is -0.462 e. The van der Waals surface area contributed by atoms with Crippen molar-refractivity contribution in [3.8, 4) is 0 Å². The zero-order chi connectivity index (χ0) is 21.3. The average molecular weight is 411 g/mol. The third-order valence-electron chi connectivity index (χ3n) is 6.31. The highest BCUT2D eigenvalue weighted by atomic mass is 16.5. The van der Waals surface area contributed by atoms with Gasteiger partial charge in [0.15, 0.2) is 5.82 Å². The van der Waals surface area contributed by atoms with Crippen LogP contribution in [0.2, 0.25) is 0 Å². The molecule has 7 rings (SSSR count). The Morgan fingerprint density at radius 2 is 1.42 bits per heavy atom. The van der Waals surface area contributed by atoms with Crippen molar-refractivity contribution in [2.45, 2.75) is 18.8 Å². The van der Waals surface area contributed by atoms with Gasteiger partial charge in [-0.2, -0.15) is 5.10 Å². The molecule has 0 radical (unpaired) electrons. The minimum atomic E-state index is -0.633. The van der Waals surface area contributed by atoms with Gasteiger partial charge < -0.3 is 4.74 Å². The van der Waals surface area contributed by atoms with E-state index in [1.807, 2.05) is 48.5 Å². The second-order valence-electron chi connectivity index (χ2n) is 7.75. The average Bonchev–Trinajstić information content (AvgIpc) is 3.37. The number of carbonyl (C=O) groups excluding carboxylic acids is 3. The van der Waals surface area contributed by atoms with Crippen LogP contribution in [0.5, 0.6) is 0 Å². The van der Waals surface area contributed by atoms with Gasteiger partial charge in [-0.05, 0) is 29.2 Å². The first-order valence-corrected chi connectivity index (χ1v) is 10.1. The lowest BCUT2D eigenvalue weighted by molar-refractivity contribution is -0.120. The van der Waals surface area contributed by atoms with Crippen LogP contribution < -0.4 is 4.90 Å². The summed E-state index contributed by atoms with van der Waals surface area (Å²) in [6, 6.07) is 15.9. The van der Waals surface area contributed by atoms with E-state index in [-0.39, 0.29) is 29.8 Å². The van der Waals surface area contributed by atoms with Gasteiger partial charge in [-0.1, -0.05) is 48.5 Å². The Bertz CT molecular complexity index is 1220. The number of rotatable bonds is 3. The molecule has 7 heteroatoms. The molecule has 31 heavy (non-hydrogen) atoms. The normalized spacial score (nSPS) is 20.6. The second-order valence-corrected chi connectivity index (χ2v) is 7.75. The maximum Gasteiger partial charge on any atom is 0.343 e. The summed E-state index contributed by atoms with van der Waals surface area (Å²) in [5.74, 6) is -2.06. The summed E-state index contributed by atoms with van der Waals surface area (Å²) in [4.78, 5) is 40.7. The van der Waals surface area contributed by atoms with E-state index in [9.17, 15) is 14.4 Å². The summed E-state index contributed by atoms with van der Waals surface area (Å²) in [7, 11) is 0. The Hall–Kier alpha value is -4.00. The van der Waals surface area contributed by atoms with Gasteiger partial charge in [0, 0.05) is 23.0 Å². The number of carbonyl (C=O) groups is 3. The van der Waals surface area contributed by atoms with Gasteiger partial charge in [-0.3, -0.25) is 14.7 Å². The molecule has 2 heterocycles. The molecular weight excluding hydrogens is 394 g/mol. The molecule has 0 fully saturated rings. The smallest absolute Gasteiger partial charge is 0.343 e. The molecule has 3 aliphatic carbocycles. The Labute approximate surface area is 177 Å². The molecule has 0 unspecified atom stereocenters. The number of anilines is 1. The number of aromatic nitrogens is 2. The number of ether oxygens (including phenoxy) is 1. The van der Waals surface area contributed by atoms with Crippen LogP contribution >= 0.6 is 0 Å². The molecule has 2 bridgehead atoms. The maximum absolute atomic E-state index is 13.6. The van der Waals surface area contributed by atoms with Gasteiger partial charge in [0.1, 0.15) is 5.56 Å². The van der Waals surface area contributed by atoms with Crippen LogP contribution in [0.1, 0.15) is 51.4 Å². The summed E-state index contributed by atoms with van der Waals surface area (Å²) in [6.07, 6.45) is 1.28. The maximum atomic E-state index is 13.6. The van der Waals surface area contributed by atoms with E-state index in [1.54, 1.807) is 6.92 Å². The van der Waals surface area contributed by atoms with Crippen LogP contribution in [0.25, 0.3) is 0 Å². The summed E-state index contributed by atoms with van der Waals surface area (Å²) in [5, 5.41) is 6.56. The third kappa shape index (κ3) is 2.17. The molecule has 0 saturated heterocycles. The molecule has 0 saturated carbocycles. The third-order valence-corrected chi connectivity index (χ3v) is 6.31. The number of esters is 1. The highest BCUT2D eigenvalue weighted by Gasteiger charge is 2.54. The number of benzene rings is 2. The molecule has 4 aliphatic rings. The lowest BCUT2D eigenvalue weighted by atomic mass is 9.61. The summed E-state index contributed by atoms with van der Waals surface area (Å²) >= 11 is 0. The van der Waals surface area contributed by atoms with E-state index in [4.69, 9.17) is 4.74 Å². The van der Waals surface area contributed by atoms with Crippen LogP contribution in [0.15, 0.2) is 65.9 Å². The first-order valence-electron chi connectivity index (χ1n) is 10.1. The number of nitrogens with one attached hydrogen (secondary N) is 1. The van der Waals surface area contributed by atoms with Crippen LogP contribution in [0.3, 0.4) is 0 Å². The molecule has 7 nitrogen and oxygen atoms in total. The van der Waals surface area contributed by atoms with Crippen molar-refractivity contribution in [3.05, 3.63) is 93.7 Å². The van der Waals surface area contributed by atoms with Gasteiger partial charge in [0.25, 0.3) is 11.8 Å². The standard InChI is InChI=1S/C24H17N3O4/c1-2-31-24(30)16-11-25-26-21(16)27-22(28)19-17-12-7-3-4-8-13(12)18(20(19)23(27)29)15-10-6-5-9-14(15)17/h3-11,17-18H,2H2,1H3,(H,25,26). The molecule has 1 aromatic heterocycles. The fourth-order valence-electron chi connectivity index (χ4n) is 5.16. The SMILES string of the molecule is CCOC(=O)c1cn[nH]c1N1C(=O)C2=C(C1=O)C1c3ccccc3C2c2ccccc21. The number of hydrogen-bond acceptors (Lipinski definition) is 5. The quantitative estimate of drug-likeness (QED) is 0.528. The first-order chi connectivity index (χ1) is 15.1. The van der Waals surface area contributed by atoms with E-state index in [0.717, 1.165) is 27.2 Å². The topological polar surface area (TPSA) is 92.4 Å². The predicted molar refractivity (Wildman–Crippen MR) is 111 cm³/mol. The van der Waals surface area contributed by atoms with E-state index in [2.05, 4.69) is 10.2 Å². The van der Waals surface area contributed by atoms with Crippen molar-refractivity contribution in [2.75, 3.05) is 11.5 Å². The van der Waals surface area contributed by atoms with E-state index >= 15 is 0 Å². The lowest BCUT2D eigenvalue weighted by Gasteiger charge is -2.39. The Balaban J connectivity index is 1.53. The van der Waals surface area contributed by atoms with Crippen molar-refractivity contribution >= 4 is 23.6 Å². The molecule has 0 atom stereocenters. The largest absolute Gasteiger partial charge is 0.462 e. The highest BCUT2D eigenvalue weighted by Crippen LogP contribution is 2.58. The molecule has 152 valence electrons. The monoisotopic (exact) mass is 411 g/mol. The molecular formula is C24H17N3O4. The van der Waals surface area contributed by atoms with Crippen LogP contribution in [0, 0.1) is 0 Å². The molecule has 2 aromatic carbocycles. The minimum absolute atomic E-state index is 0.0513. The Morgan fingerprint density at radius 1 is 0.935 bits per heavy atom. The number of amides is 2. The van der Waals surface area contributed by atoms with Gasteiger partial charge in [-0.15, -0.1) is 0 Å². The van der Waals surface area contributed by atoms with Crippen molar-refractivity contribution < 1.29 is 19.1 Å². The highest BCUT2D eigenvalue weighted by molar-refractivity contribution is 6.35. The van der Waals surface area contributed by atoms with E-state index in [1.165, 1.54) is 6.20 Å². The predicted octanol–water partition coefficient (Wildman–Crippen LogP) is 3.05. The van der Waals surface area contributed by atoms with Crippen molar-refractivity contribution in [1.29, 1.82) is 0 Å². The van der Waals surface area contributed by atoms with E-state index in [0.29, 0.717) is 11.1 Å². The number of H-pyrrole nitrogens is 1. The molecule has 3 aromatic rings. The second kappa shape index (κ2) is 6.25. The van der Waals surface area contributed by atoms with Gasteiger partial charge in [0.05, 0.1) is 12.8 Å². The zero-order valence-corrected chi connectivity index (χ0v) is 16.6. The number of aromatic amines is 1. The Kier molecular flexibility index (Phi) is 3.59. The van der Waals surface area contributed by atoms with Gasteiger partial charge >= 0.3 is 5.97 Å². The van der Waals surface area contributed by atoms with Gasteiger partial charge in [-0.25, -0.2) is 9.69 Å². The van der Waals surface area contributed by atoms with Crippen molar-refractivity contribution in [2.24, 2.45) is 0 Å². The van der Waals surface area contributed by atoms with Crippen LogP contribution in [-0.4, -0.2) is 34.6 Å². The summed E-state index contributed by atoms with van der Waals surface area (Å²) < 4.78 is 5.07. The van der Waals surface area contributed by atoms with E-state index < -0.39 is 17.8 Å². The molecule has 0 spiro atoms. The summed E-state index contributed by atoms with van der Waals surface area (Å²) in [5.41, 5.74) is 5.21. The van der Waals surface area contributed by atoms with Gasteiger partial charge in [0.2, 0.25) is 0 Å². The van der Waals surface area contributed by atoms with Crippen LogP contribution in [-0.2, 0) is 14.3 Å². The Morgan fingerprint density at radius 3 is 1.87 bits per heavy atom. The number of imide groups is 1. The van der Waals surface area contributed by atoms with Crippen LogP contribution in [0.4, 0.5) is 5.82 Å². The first kappa shape index (κ1) is 17.8. The fraction of sp³-hybridized carbons (Fsp3) is 0.167. The van der Waals surface area contributed by atoms with Crippen molar-refractivity contribution in [1.82, 2.24) is 10.2 Å². The number of nitrogens with zero attached hydrogens (tertiary/aromatic N) is 2. The number of hydrogen-bond donors (Lipinski definition) is 1. The lowest BCUT2D eigenvalue weighted by Crippen LogP contribution is -2.33. The zero-order valence-electron chi connectivity index (χ0n) is 16.6. The summed E-state index contributed by atoms with van der Waals surface area (Å²) in [6.45, 7) is 1.87. The van der Waals surface area contributed by atoms with Crippen molar-refractivity contribution in [3.63, 3.8) is 0 Å². The fourth-order valence-corrected chi connectivity index (χ4v) is 5.16.